The van der Waals surface area contributed by atoms with Crippen molar-refractivity contribution in [2.45, 2.75) is 18.1 Å². The first-order valence-corrected chi connectivity index (χ1v) is 11.9. The van der Waals surface area contributed by atoms with Crippen LogP contribution in [0.2, 0.25) is 0 Å². The highest BCUT2D eigenvalue weighted by molar-refractivity contribution is 7.99. The molecule has 34 heavy (non-hydrogen) atoms. The molecule has 1 aromatic heterocycles. The van der Waals surface area contributed by atoms with Crippen molar-refractivity contribution in [1.29, 1.82) is 0 Å². The van der Waals surface area contributed by atoms with Crippen LogP contribution in [0.5, 0.6) is 5.75 Å². The number of rotatable bonds is 10. The molecule has 8 heteroatoms. The number of halogens is 1. The molecule has 4 aromatic rings. The van der Waals surface area contributed by atoms with Crippen LogP contribution in [0.4, 0.5) is 4.39 Å². The van der Waals surface area contributed by atoms with E-state index in [1.54, 1.807) is 25.3 Å². The van der Waals surface area contributed by atoms with Crippen LogP contribution in [-0.4, -0.2) is 40.1 Å². The Morgan fingerprint density at radius 1 is 1.00 bits per heavy atom. The third-order valence-corrected chi connectivity index (χ3v) is 6.22. The summed E-state index contributed by atoms with van der Waals surface area (Å²) in [6.45, 7) is 0.964. The average Bonchev–Trinajstić information content (AvgIpc) is 3.26. The lowest BCUT2D eigenvalue weighted by Gasteiger charge is -2.11. The van der Waals surface area contributed by atoms with Gasteiger partial charge in [-0.2, -0.15) is 0 Å². The average molecular weight is 477 g/mol. The summed E-state index contributed by atoms with van der Waals surface area (Å²) in [6.07, 6.45) is 0.669. The summed E-state index contributed by atoms with van der Waals surface area (Å²) in [5, 5.41) is 12.0. The highest BCUT2D eigenvalue weighted by Gasteiger charge is 2.18. The number of benzene rings is 3. The first-order chi connectivity index (χ1) is 16.7. The maximum absolute atomic E-state index is 14.5. The van der Waals surface area contributed by atoms with Crippen molar-refractivity contribution in [3.8, 4) is 17.1 Å². The summed E-state index contributed by atoms with van der Waals surface area (Å²) >= 11 is 1.28. The van der Waals surface area contributed by atoms with Crippen LogP contribution in [0, 0.1) is 5.82 Å². The number of amides is 1. The number of hydrogen-bond donors (Lipinski definition) is 1. The number of hydrogen-bond acceptors (Lipinski definition) is 5. The molecule has 0 aliphatic heterocycles. The smallest absolute Gasteiger partial charge is 0.230 e. The molecule has 4 rings (SSSR count). The Labute approximate surface area is 202 Å². The van der Waals surface area contributed by atoms with E-state index in [-0.39, 0.29) is 17.5 Å². The number of ether oxygens (including phenoxy) is 1. The van der Waals surface area contributed by atoms with Gasteiger partial charge >= 0.3 is 0 Å². The van der Waals surface area contributed by atoms with Crippen LogP contribution in [-0.2, 0) is 17.8 Å². The molecule has 6 nitrogen and oxygen atoms in total. The highest BCUT2D eigenvalue weighted by atomic mass is 32.2. The van der Waals surface area contributed by atoms with Crippen LogP contribution in [0.15, 0.2) is 84.0 Å². The molecule has 0 aliphatic rings. The largest absolute Gasteiger partial charge is 0.496 e. The number of methoxy groups -OCH3 is 1. The van der Waals surface area contributed by atoms with Crippen molar-refractivity contribution in [2.75, 3.05) is 19.4 Å². The van der Waals surface area contributed by atoms with E-state index in [2.05, 4.69) is 15.5 Å². The predicted octanol–water partition coefficient (Wildman–Crippen LogP) is 4.59. The Hall–Kier alpha value is -3.65. The van der Waals surface area contributed by atoms with Gasteiger partial charge in [0.1, 0.15) is 11.6 Å². The fourth-order valence-corrected chi connectivity index (χ4v) is 4.34. The summed E-state index contributed by atoms with van der Waals surface area (Å²) < 4.78 is 21.7. The number of carbonyl (C=O) groups excluding carboxylic acids is 1. The van der Waals surface area contributed by atoms with Crippen molar-refractivity contribution in [3.63, 3.8) is 0 Å². The van der Waals surface area contributed by atoms with Gasteiger partial charge in [-0.1, -0.05) is 72.4 Å². The van der Waals surface area contributed by atoms with Gasteiger partial charge in [-0.3, -0.25) is 9.36 Å². The van der Waals surface area contributed by atoms with Crippen LogP contribution in [0.25, 0.3) is 11.4 Å². The lowest BCUT2D eigenvalue weighted by molar-refractivity contribution is -0.118. The lowest BCUT2D eigenvalue weighted by Crippen LogP contribution is -2.27. The predicted molar refractivity (Wildman–Crippen MR) is 131 cm³/mol. The van der Waals surface area contributed by atoms with E-state index in [0.29, 0.717) is 36.1 Å². The van der Waals surface area contributed by atoms with E-state index < -0.39 is 0 Å². The molecular formula is C26H25FN4O2S. The van der Waals surface area contributed by atoms with Crippen LogP contribution < -0.4 is 10.1 Å². The number of aromatic nitrogens is 3. The Kier molecular flexibility index (Phi) is 7.93. The first kappa shape index (κ1) is 23.5. The minimum Gasteiger partial charge on any atom is -0.496 e. The Balaban J connectivity index is 1.44. The minimum atomic E-state index is -0.366. The molecule has 1 heterocycles. The summed E-state index contributed by atoms with van der Waals surface area (Å²) in [5.41, 5.74) is 2.44. The van der Waals surface area contributed by atoms with E-state index in [4.69, 9.17) is 4.74 Å². The molecule has 174 valence electrons. The second kappa shape index (κ2) is 11.5. The van der Waals surface area contributed by atoms with Crippen molar-refractivity contribution in [2.24, 2.45) is 0 Å². The maximum atomic E-state index is 14.5. The quantitative estimate of drug-likeness (QED) is 0.339. The molecule has 1 amide bonds. The molecule has 1 N–H and O–H groups in total. The molecule has 0 saturated carbocycles. The van der Waals surface area contributed by atoms with Crippen molar-refractivity contribution in [3.05, 3.63) is 95.8 Å². The molecule has 0 spiro atoms. The van der Waals surface area contributed by atoms with Crippen LogP contribution in [0.3, 0.4) is 0 Å². The Bertz CT molecular complexity index is 1250. The number of nitrogens with zero attached hydrogens (tertiary/aromatic N) is 3. The second-order valence-corrected chi connectivity index (χ2v) is 8.50. The molecule has 0 bridgehead atoms. The van der Waals surface area contributed by atoms with Crippen LogP contribution >= 0.6 is 11.8 Å². The third kappa shape index (κ3) is 5.82. The summed E-state index contributed by atoms with van der Waals surface area (Å²) in [7, 11) is 1.63. The molecular weight excluding hydrogens is 451 g/mol. The van der Waals surface area contributed by atoms with E-state index in [1.165, 1.54) is 17.8 Å². The standard InChI is InChI=1S/C26H25FN4O2S/c1-33-23-14-8-5-11-20(23)15-16-28-24(32)18-34-26-30-29-25(21-12-6-7-13-22(21)27)31(26)17-19-9-3-2-4-10-19/h2-14H,15-18H2,1H3,(H,28,32). The second-order valence-electron chi connectivity index (χ2n) is 7.56. The molecule has 0 atom stereocenters. The van der Waals surface area contributed by atoms with E-state index in [9.17, 15) is 9.18 Å². The number of thioether (sulfide) groups is 1. The normalized spacial score (nSPS) is 10.8. The third-order valence-electron chi connectivity index (χ3n) is 5.26. The van der Waals surface area contributed by atoms with Crippen molar-refractivity contribution >= 4 is 17.7 Å². The Morgan fingerprint density at radius 2 is 1.74 bits per heavy atom. The van der Waals surface area contributed by atoms with Gasteiger partial charge in [-0.05, 0) is 35.7 Å². The zero-order valence-corrected chi connectivity index (χ0v) is 19.6. The first-order valence-electron chi connectivity index (χ1n) is 10.9. The number of para-hydroxylation sites is 1. The molecule has 0 fully saturated rings. The van der Waals surface area contributed by atoms with E-state index in [0.717, 1.165) is 16.9 Å². The molecule has 0 unspecified atom stereocenters. The number of carbonyl (C=O) groups is 1. The topological polar surface area (TPSA) is 69.0 Å². The molecule has 0 radical (unpaired) electrons. The van der Waals surface area contributed by atoms with Gasteiger partial charge in [0.25, 0.3) is 0 Å². The fraction of sp³-hybridized carbons (Fsp3) is 0.192. The summed E-state index contributed by atoms with van der Waals surface area (Å²) in [4.78, 5) is 12.5. The minimum absolute atomic E-state index is 0.110. The lowest BCUT2D eigenvalue weighted by atomic mass is 10.1. The van der Waals surface area contributed by atoms with Gasteiger partial charge in [0, 0.05) is 6.54 Å². The molecule has 0 saturated heterocycles. The van der Waals surface area contributed by atoms with Gasteiger partial charge < -0.3 is 10.1 Å². The van der Waals surface area contributed by atoms with E-state index >= 15 is 0 Å². The highest BCUT2D eigenvalue weighted by Crippen LogP contribution is 2.27. The van der Waals surface area contributed by atoms with Crippen LogP contribution in [0.1, 0.15) is 11.1 Å². The van der Waals surface area contributed by atoms with Gasteiger partial charge in [0.2, 0.25) is 5.91 Å². The fourth-order valence-electron chi connectivity index (χ4n) is 3.57. The maximum Gasteiger partial charge on any atom is 0.230 e. The van der Waals surface area contributed by atoms with Crippen molar-refractivity contribution in [1.82, 2.24) is 20.1 Å². The summed E-state index contributed by atoms with van der Waals surface area (Å²) in [5.74, 6) is 0.939. The van der Waals surface area contributed by atoms with Gasteiger partial charge in [-0.25, -0.2) is 4.39 Å². The van der Waals surface area contributed by atoms with Gasteiger partial charge in [0.15, 0.2) is 11.0 Å². The van der Waals surface area contributed by atoms with E-state index in [1.807, 2.05) is 59.2 Å². The van der Waals surface area contributed by atoms with Gasteiger partial charge in [-0.15, -0.1) is 10.2 Å². The Morgan fingerprint density at radius 3 is 2.53 bits per heavy atom. The van der Waals surface area contributed by atoms with Gasteiger partial charge in [0.05, 0.1) is 25.0 Å². The zero-order valence-electron chi connectivity index (χ0n) is 18.8. The molecule has 3 aromatic carbocycles. The van der Waals surface area contributed by atoms with Crippen molar-refractivity contribution < 1.29 is 13.9 Å². The SMILES string of the molecule is COc1ccccc1CCNC(=O)CSc1nnc(-c2ccccc2F)n1Cc1ccccc1. The monoisotopic (exact) mass is 476 g/mol. The summed E-state index contributed by atoms with van der Waals surface area (Å²) in [6, 6.07) is 24.1. The molecule has 0 aliphatic carbocycles. The number of nitrogens with one attached hydrogen (secondary N) is 1. The zero-order chi connectivity index (χ0) is 23.8.